The number of carbonyl (C=O) groups is 2. The minimum Gasteiger partial charge on any atom is -0.465 e. The summed E-state index contributed by atoms with van der Waals surface area (Å²) in [5.41, 5.74) is 7.38. The number of carbonyl (C=O) groups excluding carboxylic acids is 2. The predicted molar refractivity (Wildman–Crippen MR) is 92.0 cm³/mol. The maximum Gasteiger partial charge on any atom is 0.410 e. The quantitative estimate of drug-likeness (QED) is 0.663. The molecular weight excluding hydrogens is 308 g/mol. The maximum atomic E-state index is 12.1. The molecule has 0 aliphatic carbocycles. The van der Waals surface area contributed by atoms with Crippen molar-refractivity contribution in [3.63, 3.8) is 0 Å². The molecular formula is C18H26N2O4. The number of nitrogens with zero attached hydrogens (tertiary/aromatic N) is 1. The zero-order valence-corrected chi connectivity index (χ0v) is 14.8. The number of nitrogens with two attached hydrogens (primary N) is 1. The molecule has 1 aromatic carbocycles. The first kappa shape index (κ1) is 18.1. The maximum absolute atomic E-state index is 12.1. The zero-order chi connectivity index (χ0) is 17.9. The van der Waals surface area contributed by atoms with Crippen LogP contribution in [0.15, 0.2) is 18.2 Å². The van der Waals surface area contributed by atoms with Crippen molar-refractivity contribution >= 4 is 17.7 Å². The van der Waals surface area contributed by atoms with Gasteiger partial charge in [0.15, 0.2) is 0 Å². The van der Waals surface area contributed by atoms with E-state index in [9.17, 15) is 9.59 Å². The van der Waals surface area contributed by atoms with E-state index in [0.29, 0.717) is 30.3 Å². The molecule has 0 unspecified atom stereocenters. The third kappa shape index (κ3) is 4.40. The van der Waals surface area contributed by atoms with Gasteiger partial charge in [-0.2, -0.15) is 0 Å². The molecule has 0 saturated carbocycles. The Morgan fingerprint density at radius 3 is 2.33 bits per heavy atom. The van der Waals surface area contributed by atoms with Gasteiger partial charge in [0, 0.05) is 18.8 Å². The normalized spacial score (nSPS) is 15.9. The molecule has 0 aromatic heterocycles. The highest BCUT2D eigenvalue weighted by molar-refractivity contribution is 5.95. The van der Waals surface area contributed by atoms with Crippen molar-refractivity contribution in [3.05, 3.63) is 29.3 Å². The number of hydrogen-bond acceptors (Lipinski definition) is 5. The fourth-order valence-corrected chi connectivity index (χ4v) is 2.85. The fourth-order valence-electron chi connectivity index (χ4n) is 2.85. The first-order chi connectivity index (χ1) is 11.2. The number of hydrogen-bond donors (Lipinski definition) is 1. The van der Waals surface area contributed by atoms with Crippen molar-refractivity contribution < 1.29 is 19.1 Å². The lowest BCUT2D eigenvalue weighted by molar-refractivity contribution is 0.0204. The minimum atomic E-state index is -0.480. The largest absolute Gasteiger partial charge is 0.465 e. The lowest BCUT2D eigenvalue weighted by Gasteiger charge is -2.33. The van der Waals surface area contributed by atoms with Gasteiger partial charge in [-0.3, -0.25) is 0 Å². The second-order valence-electron chi connectivity index (χ2n) is 7.08. The molecule has 0 atom stereocenters. The van der Waals surface area contributed by atoms with Gasteiger partial charge in [0.05, 0.1) is 12.7 Å². The van der Waals surface area contributed by atoms with Gasteiger partial charge in [0.25, 0.3) is 0 Å². The molecule has 6 nitrogen and oxygen atoms in total. The Labute approximate surface area is 142 Å². The summed E-state index contributed by atoms with van der Waals surface area (Å²) in [6.45, 7) is 6.90. The number of piperidine rings is 1. The Morgan fingerprint density at radius 1 is 1.21 bits per heavy atom. The lowest BCUT2D eigenvalue weighted by Crippen LogP contribution is -2.41. The van der Waals surface area contributed by atoms with Gasteiger partial charge in [-0.1, -0.05) is 6.07 Å². The zero-order valence-electron chi connectivity index (χ0n) is 14.8. The van der Waals surface area contributed by atoms with Crippen LogP contribution in [0.4, 0.5) is 10.5 Å². The molecule has 0 radical (unpaired) electrons. The SMILES string of the molecule is COC(=O)c1ccc(C2CCN(C(=O)OC(C)(C)C)CC2)cc1N. The molecule has 6 heteroatoms. The van der Waals surface area contributed by atoms with Crippen LogP contribution in [0, 0.1) is 0 Å². The third-order valence-corrected chi connectivity index (χ3v) is 4.10. The molecule has 132 valence electrons. The summed E-state index contributed by atoms with van der Waals surface area (Å²) in [5.74, 6) is -0.114. The van der Waals surface area contributed by atoms with Crippen LogP contribution in [0.1, 0.15) is 55.5 Å². The predicted octanol–water partition coefficient (Wildman–Crippen LogP) is 3.17. The molecule has 1 fully saturated rings. The van der Waals surface area contributed by atoms with Crippen LogP contribution in [-0.4, -0.2) is 42.8 Å². The summed E-state index contributed by atoms with van der Waals surface area (Å²) in [5, 5.41) is 0. The van der Waals surface area contributed by atoms with Crippen LogP contribution in [0.25, 0.3) is 0 Å². The number of nitrogen functional groups attached to an aromatic ring is 1. The molecule has 24 heavy (non-hydrogen) atoms. The molecule has 1 aromatic rings. The molecule has 1 aliphatic rings. The topological polar surface area (TPSA) is 81.9 Å². The molecule has 0 bridgehead atoms. The smallest absolute Gasteiger partial charge is 0.410 e. The molecule has 0 spiro atoms. The number of likely N-dealkylation sites (tertiary alicyclic amines) is 1. The van der Waals surface area contributed by atoms with Crippen molar-refractivity contribution in [1.29, 1.82) is 0 Å². The monoisotopic (exact) mass is 334 g/mol. The summed E-state index contributed by atoms with van der Waals surface area (Å²) < 4.78 is 10.1. The van der Waals surface area contributed by atoms with Crippen molar-refractivity contribution in [2.75, 3.05) is 25.9 Å². The van der Waals surface area contributed by atoms with Crippen LogP contribution in [0.3, 0.4) is 0 Å². The second kappa shape index (κ2) is 7.11. The average Bonchev–Trinajstić information content (AvgIpc) is 2.52. The molecule has 2 rings (SSSR count). The van der Waals surface area contributed by atoms with Crippen molar-refractivity contribution in [1.82, 2.24) is 4.90 Å². The number of rotatable bonds is 2. The lowest BCUT2D eigenvalue weighted by atomic mass is 9.88. The van der Waals surface area contributed by atoms with E-state index < -0.39 is 11.6 Å². The number of anilines is 1. The van der Waals surface area contributed by atoms with Crippen molar-refractivity contribution in [2.45, 2.75) is 45.1 Å². The first-order valence-corrected chi connectivity index (χ1v) is 8.17. The van der Waals surface area contributed by atoms with E-state index in [1.165, 1.54) is 7.11 Å². The summed E-state index contributed by atoms with van der Waals surface area (Å²) >= 11 is 0. The minimum absolute atomic E-state index is 0.262. The Balaban J connectivity index is 1.98. The van der Waals surface area contributed by atoms with E-state index in [1.807, 2.05) is 32.9 Å². The Hall–Kier alpha value is -2.24. The average molecular weight is 334 g/mol. The van der Waals surface area contributed by atoms with Crippen molar-refractivity contribution in [3.8, 4) is 0 Å². The summed E-state index contributed by atoms with van der Waals surface area (Å²) in [7, 11) is 1.34. The number of ether oxygens (including phenoxy) is 2. The van der Waals surface area contributed by atoms with Gasteiger partial charge < -0.3 is 20.1 Å². The molecule has 1 saturated heterocycles. The van der Waals surface area contributed by atoms with Crippen LogP contribution >= 0.6 is 0 Å². The van der Waals surface area contributed by atoms with Gasteiger partial charge in [-0.15, -0.1) is 0 Å². The molecule has 1 amide bonds. The van der Waals surface area contributed by atoms with Gasteiger partial charge in [-0.05, 0) is 57.2 Å². The van der Waals surface area contributed by atoms with Crippen LogP contribution in [0.2, 0.25) is 0 Å². The first-order valence-electron chi connectivity index (χ1n) is 8.17. The Bertz CT molecular complexity index is 614. The van der Waals surface area contributed by atoms with E-state index in [1.54, 1.807) is 11.0 Å². The van der Waals surface area contributed by atoms with E-state index in [-0.39, 0.29) is 6.09 Å². The summed E-state index contributed by atoms with van der Waals surface area (Å²) in [4.78, 5) is 25.4. The molecule has 1 aliphatic heterocycles. The van der Waals surface area contributed by atoms with Crippen LogP contribution in [-0.2, 0) is 9.47 Å². The third-order valence-electron chi connectivity index (χ3n) is 4.10. The summed E-state index contributed by atoms with van der Waals surface area (Å²) in [6, 6.07) is 5.45. The standard InChI is InChI=1S/C18H26N2O4/c1-18(2,3)24-17(22)20-9-7-12(8-10-20)13-5-6-14(15(19)11-13)16(21)23-4/h5-6,11-12H,7-10,19H2,1-4H3. The van der Waals surface area contributed by atoms with Crippen molar-refractivity contribution in [2.24, 2.45) is 0 Å². The second-order valence-corrected chi connectivity index (χ2v) is 7.08. The fraction of sp³-hybridized carbons (Fsp3) is 0.556. The number of benzene rings is 1. The number of esters is 1. The highest BCUT2D eigenvalue weighted by atomic mass is 16.6. The molecule has 1 heterocycles. The molecule has 2 N–H and O–H groups in total. The van der Waals surface area contributed by atoms with Gasteiger partial charge in [-0.25, -0.2) is 9.59 Å². The van der Waals surface area contributed by atoms with Gasteiger partial charge >= 0.3 is 12.1 Å². The van der Waals surface area contributed by atoms with E-state index in [0.717, 1.165) is 18.4 Å². The van der Waals surface area contributed by atoms with E-state index in [4.69, 9.17) is 15.2 Å². The van der Waals surface area contributed by atoms with Gasteiger partial charge in [0.2, 0.25) is 0 Å². The Kier molecular flexibility index (Phi) is 5.36. The Morgan fingerprint density at radius 2 is 1.83 bits per heavy atom. The van der Waals surface area contributed by atoms with E-state index >= 15 is 0 Å². The highest BCUT2D eigenvalue weighted by Crippen LogP contribution is 2.30. The van der Waals surface area contributed by atoms with Gasteiger partial charge in [0.1, 0.15) is 5.60 Å². The number of amides is 1. The summed E-state index contributed by atoms with van der Waals surface area (Å²) in [6.07, 6.45) is 1.42. The number of methoxy groups -OCH3 is 1. The van der Waals surface area contributed by atoms with E-state index in [2.05, 4.69) is 0 Å². The van der Waals surface area contributed by atoms with Crippen LogP contribution in [0.5, 0.6) is 0 Å². The highest BCUT2D eigenvalue weighted by Gasteiger charge is 2.27. The van der Waals surface area contributed by atoms with Crippen LogP contribution < -0.4 is 5.73 Å².